The summed E-state index contributed by atoms with van der Waals surface area (Å²) in [7, 11) is 0. The molecule has 0 spiro atoms. The average molecular weight is 333 g/mol. The molecule has 0 aliphatic heterocycles. The minimum atomic E-state index is -0.0740. The molecule has 0 aliphatic rings. The first-order valence-corrected chi connectivity index (χ1v) is 8.68. The highest BCUT2D eigenvalue weighted by Crippen LogP contribution is 2.12. The van der Waals surface area contributed by atoms with Gasteiger partial charge in [-0.05, 0) is 37.3 Å². The Bertz CT molecular complexity index is 661. The Labute approximate surface area is 140 Å². The fourth-order valence-electron chi connectivity index (χ4n) is 2.38. The van der Waals surface area contributed by atoms with E-state index in [0.717, 1.165) is 22.8 Å². The zero-order chi connectivity index (χ0) is 16.8. The molecule has 0 radical (unpaired) electrons. The van der Waals surface area contributed by atoms with Crippen LogP contribution < -0.4 is 5.32 Å². The molecule has 1 unspecified atom stereocenters. The van der Waals surface area contributed by atoms with Gasteiger partial charge in [0.15, 0.2) is 5.78 Å². The molecule has 0 aliphatic carbocycles. The Morgan fingerprint density at radius 1 is 1.35 bits per heavy atom. The van der Waals surface area contributed by atoms with E-state index in [-0.39, 0.29) is 30.4 Å². The third-order valence-electron chi connectivity index (χ3n) is 3.61. The number of carbonyl (C=O) groups excluding carboxylic acids is 2. The highest BCUT2D eigenvalue weighted by atomic mass is 32.1. The molecule has 2 heterocycles. The van der Waals surface area contributed by atoms with Gasteiger partial charge in [-0.1, -0.05) is 13.0 Å². The van der Waals surface area contributed by atoms with Crippen LogP contribution in [-0.2, 0) is 11.3 Å². The first-order valence-electron chi connectivity index (χ1n) is 7.80. The quantitative estimate of drug-likeness (QED) is 0.755. The monoisotopic (exact) mass is 333 g/mol. The van der Waals surface area contributed by atoms with Gasteiger partial charge in [-0.25, -0.2) is 0 Å². The van der Waals surface area contributed by atoms with Gasteiger partial charge in [0, 0.05) is 31.6 Å². The van der Waals surface area contributed by atoms with Crippen molar-refractivity contribution in [3.05, 3.63) is 39.8 Å². The minimum absolute atomic E-state index is 0.0332. The number of nitrogens with one attached hydrogen (secondary N) is 1. The van der Waals surface area contributed by atoms with Crippen LogP contribution in [0.15, 0.2) is 23.6 Å². The second kappa shape index (κ2) is 8.06. The lowest BCUT2D eigenvalue weighted by atomic mass is 10.1. The summed E-state index contributed by atoms with van der Waals surface area (Å²) in [4.78, 5) is 24.4. The van der Waals surface area contributed by atoms with Crippen molar-refractivity contribution in [2.75, 3.05) is 6.54 Å². The number of amides is 1. The van der Waals surface area contributed by atoms with Crippen molar-refractivity contribution in [2.45, 2.75) is 40.2 Å². The molecule has 2 rings (SSSR count). The molecule has 0 saturated heterocycles. The van der Waals surface area contributed by atoms with E-state index < -0.39 is 0 Å². The number of Topliss-reactive ketones (excluding diaryl/α,β-unsaturated/α-hetero) is 1. The molecule has 23 heavy (non-hydrogen) atoms. The molecule has 1 N–H and O–H groups in total. The number of ketones is 1. The minimum Gasteiger partial charge on any atom is -0.356 e. The second-order valence-corrected chi connectivity index (χ2v) is 6.87. The highest BCUT2D eigenvalue weighted by molar-refractivity contribution is 7.12. The van der Waals surface area contributed by atoms with E-state index in [0.29, 0.717) is 6.54 Å². The lowest BCUT2D eigenvalue weighted by Crippen LogP contribution is -2.30. The maximum absolute atomic E-state index is 11.9. The van der Waals surface area contributed by atoms with Gasteiger partial charge in [-0.2, -0.15) is 5.10 Å². The number of hydrogen-bond donors (Lipinski definition) is 1. The summed E-state index contributed by atoms with van der Waals surface area (Å²) in [5, 5.41) is 9.20. The van der Waals surface area contributed by atoms with Gasteiger partial charge in [0.05, 0.1) is 10.6 Å². The largest absolute Gasteiger partial charge is 0.356 e. The van der Waals surface area contributed by atoms with E-state index in [1.165, 1.54) is 11.3 Å². The molecule has 5 nitrogen and oxygen atoms in total. The number of thiophene rings is 1. The molecule has 6 heteroatoms. The van der Waals surface area contributed by atoms with Crippen molar-refractivity contribution in [1.82, 2.24) is 15.1 Å². The van der Waals surface area contributed by atoms with Crippen molar-refractivity contribution < 1.29 is 9.59 Å². The Balaban J connectivity index is 1.69. The average Bonchev–Trinajstić information content (AvgIpc) is 3.13. The van der Waals surface area contributed by atoms with Crippen molar-refractivity contribution in [1.29, 1.82) is 0 Å². The molecule has 2 aromatic rings. The Morgan fingerprint density at radius 2 is 2.13 bits per heavy atom. The summed E-state index contributed by atoms with van der Waals surface area (Å²) in [5.41, 5.74) is 2.13. The Hall–Kier alpha value is -1.95. The highest BCUT2D eigenvalue weighted by Gasteiger charge is 2.12. The van der Waals surface area contributed by atoms with Gasteiger partial charge in [0.2, 0.25) is 5.91 Å². The zero-order valence-corrected chi connectivity index (χ0v) is 14.7. The smallest absolute Gasteiger partial charge is 0.220 e. The molecule has 124 valence electrons. The Morgan fingerprint density at radius 3 is 2.74 bits per heavy atom. The number of hydrogen-bond acceptors (Lipinski definition) is 4. The van der Waals surface area contributed by atoms with E-state index in [4.69, 9.17) is 0 Å². The maximum Gasteiger partial charge on any atom is 0.220 e. The van der Waals surface area contributed by atoms with Gasteiger partial charge < -0.3 is 5.32 Å². The molecule has 0 bridgehead atoms. The summed E-state index contributed by atoms with van der Waals surface area (Å²) in [6.45, 7) is 7.44. The number of rotatable bonds is 8. The van der Waals surface area contributed by atoms with Gasteiger partial charge in [0.25, 0.3) is 0 Å². The van der Waals surface area contributed by atoms with E-state index >= 15 is 0 Å². The molecule has 0 aromatic carbocycles. The van der Waals surface area contributed by atoms with Crippen LogP contribution >= 0.6 is 11.3 Å². The van der Waals surface area contributed by atoms with E-state index in [2.05, 4.69) is 17.3 Å². The predicted molar refractivity (Wildman–Crippen MR) is 91.8 cm³/mol. The summed E-state index contributed by atoms with van der Waals surface area (Å²) >= 11 is 1.41. The normalized spacial score (nSPS) is 12.1. The molecule has 0 fully saturated rings. The third-order valence-corrected chi connectivity index (χ3v) is 4.52. The fourth-order valence-corrected chi connectivity index (χ4v) is 3.08. The van der Waals surface area contributed by atoms with E-state index in [1.807, 2.05) is 36.0 Å². The topological polar surface area (TPSA) is 64.0 Å². The van der Waals surface area contributed by atoms with Gasteiger partial charge >= 0.3 is 0 Å². The van der Waals surface area contributed by atoms with E-state index in [1.54, 1.807) is 6.07 Å². The van der Waals surface area contributed by atoms with Crippen LogP contribution in [0.3, 0.4) is 0 Å². The maximum atomic E-state index is 11.9. The summed E-state index contributed by atoms with van der Waals surface area (Å²) in [6.07, 6.45) is 0.502. The van der Waals surface area contributed by atoms with Gasteiger partial charge in [-0.15, -0.1) is 11.3 Å². The summed E-state index contributed by atoms with van der Waals surface area (Å²) in [5.74, 6) is 0.242. The van der Waals surface area contributed by atoms with Crippen LogP contribution in [0.25, 0.3) is 0 Å². The van der Waals surface area contributed by atoms with Crippen molar-refractivity contribution in [2.24, 2.45) is 5.92 Å². The molecule has 1 atom stereocenters. The molecule has 0 saturated carbocycles. The van der Waals surface area contributed by atoms with Crippen LogP contribution in [0.2, 0.25) is 0 Å². The first-order chi connectivity index (χ1) is 11.0. The third kappa shape index (κ3) is 5.32. The Kier molecular flexibility index (Phi) is 6.10. The van der Waals surface area contributed by atoms with Crippen LogP contribution in [0.4, 0.5) is 0 Å². The second-order valence-electron chi connectivity index (χ2n) is 5.92. The van der Waals surface area contributed by atoms with Crippen LogP contribution in [0.1, 0.15) is 40.8 Å². The standard InChI is InChI=1S/C17H23N3O2S/c1-12(11-20-14(3)9-13(2)19-20)10-18-17(22)7-6-15(21)16-5-4-8-23-16/h4-5,8-9,12H,6-7,10-11H2,1-3H3,(H,18,22). The molecule has 1 amide bonds. The lowest BCUT2D eigenvalue weighted by Gasteiger charge is -2.14. The van der Waals surface area contributed by atoms with Gasteiger partial charge in [0.1, 0.15) is 0 Å². The van der Waals surface area contributed by atoms with Crippen molar-refractivity contribution in [3.63, 3.8) is 0 Å². The fraction of sp³-hybridized carbons (Fsp3) is 0.471. The molecular formula is C17H23N3O2S. The van der Waals surface area contributed by atoms with E-state index in [9.17, 15) is 9.59 Å². The van der Waals surface area contributed by atoms with Crippen molar-refractivity contribution in [3.8, 4) is 0 Å². The first kappa shape index (κ1) is 17.4. The SMILES string of the molecule is Cc1cc(C)n(CC(C)CNC(=O)CCC(=O)c2cccs2)n1. The zero-order valence-electron chi connectivity index (χ0n) is 13.8. The van der Waals surface area contributed by atoms with Crippen LogP contribution in [0.5, 0.6) is 0 Å². The summed E-state index contributed by atoms with van der Waals surface area (Å²) in [6, 6.07) is 5.68. The predicted octanol–water partition coefficient (Wildman–Crippen LogP) is 2.98. The van der Waals surface area contributed by atoms with Crippen molar-refractivity contribution >= 4 is 23.0 Å². The van der Waals surface area contributed by atoms with Gasteiger partial charge in [-0.3, -0.25) is 14.3 Å². The number of nitrogens with zero attached hydrogens (tertiary/aromatic N) is 2. The summed E-state index contributed by atoms with van der Waals surface area (Å²) < 4.78 is 1.96. The van der Waals surface area contributed by atoms with Crippen LogP contribution in [0, 0.1) is 19.8 Å². The van der Waals surface area contributed by atoms with Crippen LogP contribution in [-0.4, -0.2) is 28.0 Å². The number of carbonyl (C=O) groups is 2. The molecule has 2 aromatic heterocycles. The lowest BCUT2D eigenvalue weighted by molar-refractivity contribution is -0.121. The number of aromatic nitrogens is 2. The molecular weight excluding hydrogens is 310 g/mol. The number of aryl methyl sites for hydroxylation is 2.